The van der Waals surface area contributed by atoms with Crippen LogP contribution >= 0.6 is 0 Å². The van der Waals surface area contributed by atoms with Crippen molar-refractivity contribution in [2.24, 2.45) is 0 Å². The number of benzene rings is 1. The van der Waals surface area contributed by atoms with Gasteiger partial charge in [0, 0.05) is 19.3 Å². The summed E-state index contributed by atoms with van der Waals surface area (Å²) in [7, 11) is 3.75. The highest BCUT2D eigenvalue weighted by atomic mass is 16.5. The Bertz CT molecular complexity index is 1290. The number of ether oxygens (including phenoxy) is 1. The van der Waals surface area contributed by atoms with E-state index in [1.165, 1.54) is 11.0 Å². The molecule has 1 amide bonds. The lowest BCUT2D eigenvalue weighted by Crippen LogP contribution is -2.35. The number of pyridine rings is 1. The number of amides is 1. The molecule has 9 nitrogen and oxygen atoms in total. The molecule has 0 bridgehead atoms. The number of Topliss-reactive ketones (excluding diaryl/α,β-unsaturated/α-hetero) is 1. The molecule has 3 heterocycles. The van der Waals surface area contributed by atoms with Gasteiger partial charge in [0.05, 0.1) is 23.9 Å². The smallest absolute Gasteiger partial charge is 0.295 e. The topological polar surface area (TPSA) is 108 Å². The number of ketones is 1. The second kappa shape index (κ2) is 9.18. The predicted molar refractivity (Wildman–Crippen MR) is 127 cm³/mol. The second-order valence-electron chi connectivity index (χ2n) is 8.43. The molecule has 0 spiro atoms. The molecule has 0 radical (unpaired) electrons. The number of phenolic OH excluding ortho intramolecular Hbond substituents is 1. The summed E-state index contributed by atoms with van der Waals surface area (Å²) in [6.45, 7) is 4.67. The fraction of sp³-hybridized carbons (Fsp3) is 0.320. The van der Waals surface area contributed by atoms with E-state index < -0.39 is 17.7 Å². The lowest BCUT2D eigenvalue weighted by Gasteiger charge is -2.27. The summed E-state index contributed by atoms with van der Waals surface area (Å²) in [5.41, 5.74) is 2.03. The van der Waals surface area contributed by atoms with E-state index in [9.17, 15) is 19.8 Å². The Morgan fingerprint density at radius 2 is 1.97 bits per heavy atom. The maximum absolute atomic E-state index is 13.3. The van der Waals surface area contributed by atoms with E-state index in [-0.39, 0.29) is 29.4 Å². The Morgan fingerprint density at radius 3 is 2.68 bits per heavy atom. The monoisotopic (exact) mass is 464 g/mol. The molecule has 1 unspecified atom stereocenters. The van der Waals surface area contributed by atoms with Crippen molar-refractivity contribution in [2.75, 3.05) is 33.8 Å². The number of phenols is 1. The van der Waals surface area contributed by atoms with Crippen LogP contribution in [0.1, 0.15) is 29.9 Å². The summed E-state index contributed by atoms with van der Waals surface area (Å²) in [4.78, 5) is 34.2. The highest BCUT2D eigenvalue weighted by molar-refractivity contribution is 6.46. The molecule has 1 saturated heterocycles. The van der Waals surface area contributed by atoms with Crippen LogP contribution in [0, 0.1) is 6.92 Å². The molecule has 178 valence electrons. The third-order valence-electron chi connectivity index (χ3n) is 5.86. The quantitative estimate of drug-likeness (QED) is 0.314. The van der Waals surface area contributed by atoms with Gasteiger partial charge in [0.1, 0.15) is 11.3 Å². The lowest BCUT2D eigenvalue weighted by molar-refractivity contribution is -0.140. The van der Waals surface area contributed by atoms with Crippen molar-refractivity contribution >= 4 is 23.1 Å². The number of rotatable bonds is 7. The molecule has 2 aromatic heterocycles. The van der Waals surface area contributed by atoms with E-state index in [1.807, 2.05) is 25.1 Å². The molecule has 1 atom stereocenters. The van der Waals surface area contributed by atoms with Gasteiger partial charge in [-0.2, -0.15) is 0 Å². The third-order valence-corrected chi connectivity index (χ3v) is 5.86. The number of aromatic nitrogens is 2. The maximum atomic E-state index is 13.3. The minimum Gasteiger partial charge on any atom is -0.505 e. The molecule has 0 aliphatic carbocycles. The van der Waals surface area contributed by atoms with Gasteiger partial charge >= 0.3 is 0 Å². The van der Waals surface area contributed by atoms with Crippen molar-refractivity contribution in [3.63, 3.8) is 0 Å². The van der Waals surface area contributed by atoms with Crippen LogP contribution in [0.3, 0.4) is 0 Å². The highest BCUT2D eigenvalue weighted by Gasteiger charge is 2.46. The SMILES string of the molecule is CCOc1cc(C2C(=C(O)c3c(C)nc4ccccn34)C(=O)C(=O)N2CCN(C)C)ccc1O. The number of nitrogens with zero attached hydrogens (tertiary/aromatic N) is 4. The Balaban J connectivity index is 1.94. The summed E-state index contributed by atoms with van der Waals surface area (Å²) in [6, 6.07) is 9.27. The average molecular weight is 465 g/mol. The van der Waals surface area contributed by atoms with Crippen LogP contribution in [0.15, 0.2) is 48.2 Å². The van der Waals surface area contributed by atoms with Gasteiger partial charge in [-0.3, -0.25) is 14.0 Å². The van der Waals surface area contributed by atoms with Crippen LogP contribution in [0.25, 0.3) is 11.4 Å². The van der Waals surface area contributed by atoms with Crippen molar-refractivity contribution in [3.05, 3.63) is 65.1 Å². The number of carbonyl (C=O) groups is 2. The van der Waals surface area contributed by atoms with Crippen molar-refractivity contribution in [2.45, 2.75) is 19.9 Å². The zero-order chi connectivity index (χ0) is 24.6. The largest absolute Gasteiger partial charge is 0.505 e. The lowest BCUT2D eigenvalue weighted by atomic mass is 9.96. The highest BCUT2D eigenvalue weighted by Crippen LogP contribution is 2.42. The zero-order valence-corrected chi connectivity index (χ0v) is 19.6. The molecule has 1 fully saturated rings. The summed E-state index contributed by atoms with van der Waals surface area (Å²) < 4.78 is 7.22. The Kier molecular flexibility index (Phi) is 6.30. The first kappa shape index (κ1) is 23.3. The van der Waals surface area contributed by atoms with Crippen molar-refractivity contribution in [1.29, 1.82) is 0 Å². The number of hydrogen-bond donors (Lipinski definition) is 2. The molecule has 1 aliphatic rings. The Labute approximate surface area is 197 Å². The maximum Gasteiger partial charge on any atom is 0.295 e. The van der Waals surface area contributed by atoms with Gasteiger partial charge in [0.25, 0.3) is 11.7 Å². The first-order valence-electron chi connectivity index (χ1n) is 11.1. The molecule has 1 aromatic carbocycles. The average Bonchev–Trinajstić information content (AvgIpc) is 3.26. The first-order valence-corrected chi connectivity index (χ1v) is 11.1. The van der Waals surface area contributed by atoms with E-state index in [4.69, 9.17) is 4.74 Å². The van der Waals surface area contributed by atoms with Crippen molar-refractivity contribution in [1.82, 2.24) is 19.2 Å². The summed E-state index contributed by atoms with van der Waals surface area (Å²) in [6.07, 6.45) is 1.75. The molecular formula is C25H28N4O5. The normalized spacial score (nSPS) is 17.8. The molecule has 9 heteroatoms. The number of aliphatic hydroxyl groups is 1. The number of imidazole rings is 1. The fourth-order valence-corrected chi connectivity index (χ4v) is 4.26. The molecular weight excluding hydrogens is 436 g/mol. The molecule has 1 aliphatic heterocycles. The molecule has 34 heavy (non-hydrogen) atoms. The minimum absolute atomic E-state index is 0.0225. The van der Waals surface area contributed by atoms with Gasteiger partial charge in [-0.25, -0.2) is 4.98 Å². The molecule has 0 saturated carbocycles. The summed E-state index contributed by atoms with van der Waals surface area (Å²) >= 11 is 0. The van der Waals surface area contributed by atoms with Crippen LogP contribution < -0.4 is 4.74 Å². The van der Waals surface area contributed by atoms with Gasteiger partial charge in [0.2, 0.25) is 0 Å². The van der Waals surface area contributed by atoms with Crippen LogP contribution in [0.4, 0.5) is 0 Å². The van der Waals surface area contributed by atoms with E-state index in [0.29, 0.717) is 35.8 Å². The van der Waals surface area contributed by atoms with Crippen molar-refractivity contribution < 1.29 is 24.5 Å². The van der Waals surface area contributed by atoms with E-state index in [2.05, 4.69) is 4.98 Å². The van der Waals surface area contributed by atoms with E-state index in [0.717, 1.165) is 0 Å². The Hall–Kier alpha value is -3.85. The molecule has 3 aromatic rings. The zero-order valence-electron chi connectivity index (χ0n) is 19.6. The standard InChI is InChI=1S/C25H28N4O5/c1-5-34-18-14-16(9-10-17(18)30)22-20(24(32)25(33)29(22)13-12-27(3)4)23(31)21-15(2)26-19-8-6-7-11-28(19)21/h6-11,14,22,30-31H,5,12-13H2,1-4H3. The number of aliphatic hydroxyl groups excluding tert-OH is 1. The number of aryl methyl sites for hydroxylation is 1. The first-order chi connectivity index (χ1) is 16.2. The number of fused-ring (bicyclic) bond motifs is 1. The summed E-state index contributed by atoms with van der Waals surface area (Å²) in [5.74, 6) is -1.56. The van der Waals surface area contributed by atoms with Gasteiger partial charge in [-0.05, 0) is 57.8 Å². The predicted octanol–water partition coefficient (Wildman–Crippen LogP) is 2.73. The van der Waals surface area contributed by atoms with Gasteiger partial charge in [0.15, 0.2) is 17.3 Å². The van der Waals surface area contributed by atoms with Crippen LogP contribution in [-0.4, -0.2) is 74.9 Å². The minimum atomic E-state index is -0.853. The number of aromatic hydroxyl groups is 1. The van der Waals surface area contributed by atoms with Gasteiger partial charge < -0.3 is 24.7 Å². The second-order valence-corrected chi connectivity index (χ2v) is 8.43. The Morgan fingerprint density at radius 1 is 1.21 bits per heavy atom. The summed E-state index contributed by atoms with van der Waals surface area (Å²) in [5, 5.41) is 21.6. The number of hydrogen-bond acceptors (Lipinski definition) is 7. The molecule has 4 rings (SSSR count). The van der Waals surface area contributed by atoms with Crippen LogP contribution in [-0.2, 0) is 9.59 Å². The third kappa shape index (κ3) is 3.99. The molecule has 2 N–H and O–H groups in total. The van der Waals surface area contributed by atoms with E-state index >= 15 is 0 Å². The van der Waals surface area contributed by atoms with Gasteiger partial charge in [-0.15, -0.1) is 0 Å². The van der Waals surface area contributed by atoms with Crippen LogP contribution in [0.2, 0.25) is 0 Å². The number of carbonyl (C=O) groups excluding carboxylic acids is 2. The number of likely N-dealkylation sites (N-methyl/N-ethyl adjacent to an activating group) is 1. The van der Waals surface area contributed by atoms with Crippen LogP contribution in [0.5, 0.6) is 11.5 Å². The van der Waals surface area contributed by atoms with Gasteiger partial charge in [-0.1, -0.05) is 12.1 Å². The fourth-order valence-electron chi connectivity index (χ4n) is 4.26. The van der Waals surface area contributed by atoms with Crippen molar-refractivity contribution in [3.8, 4) is 11.5 Å². The van der Waals surface area contributed by atoms with E-state index in [1.54, 1.807) is 48.7 Å². The number of likely N-dealkylation sites (tertiary alicyclic amines) is 1.